The summed E-state index contributed by atoms with van der Waals surface area (Å²) < 4.78 is 0. The lowest BCUT2D eigenvalue weighted by Crippen LogP contribution is -2.36. The molecule has 2 N–H and O–H groups in total. The molecule has 1 aromatic carbocycles. The maximum Gasteiger partial charge on any atom is 0.191 e. The highest BCUT2D eigenvalue weighted by atomic mass is 127. The van der Waals surface area contributed by atoms with Crippen LogP contribution in [0.3, 0.4) is 0 Å². The summed E-state index contributed by atoms with van der Waals surface area (Å²) in [4.78, 5) is 11.6. The molecule has 0 aliphatic carbocycles. The second-order valence-electron chi connectivity index (χ2n) is 6.90. The van der Waals surface area contributed by atoms with E-state index >= 15 is 0 Å². The summed E-state index contributed by atoms with van der Waals surface area (Å²) in [6.45, 7) is 10.7. The van der Waals surface area contributed by atoms with E-state index in [9.17, 15) is 0 Å². The molecule has 2 aromatic rings. The lowest BCUT2D eigenvalue weighted by atomic mass is 10.1. The third-order valence-electron chi connectivity index (χ3n) is 4.04. The average molecular weight is 501 g/mol. The van der Waals surface area contributed by atoms with Crippen molar-refractivity contribution < 1.29 is 0 Å². The van der Waals surface area contributed by atoms with E-state index in [4.69, 9.17) is 4.99 Å². The van der Waals surface area contributed by atoms with Gasteiger partial charge in [0.05, 0.1) is 18.8 Å². The van der Waals surface area contributed by atoms with Gasteiger partial charge in [-0.05, 0) is 37.0 Å². The Hall–Kier alpha value is -1.35. The van der Waals surface area contributed by atoms with Gasteiger partial charge in [-0.2, -0.15) is 0 Å². The zero-order chi connectivity index (χ0) is 19.1. The molecule has 0 fully saturated rings. The average Bonchev–Trinajstić information content (AvgIpc) is 3.07. The molecule has 1 aromatic heterocycles. The summed E-state index contributed by atoms with van der Waals surface area (Å²) >= 11 is 1.70. The van der Waals surface area contributed by atoms with Crippen molar-refractivity contribution in [2.75, 3.05) is 25.5 Å². The van der Waals surface area contributed by atoms with Crippen LogP contribution in [0.15, 0.2) is 28.6 Å². The minimum atomic E-state index is 0. The molecule has 0 unspecified atom stereocenters. The summed E-state index contributed by atoms with van der Waals surface area (Å²) in [6.07, 6.45) is 0. The van der Waals surface area contributed by atoms with Crippen molar-refractivity contribution in [2.24, 2.45) is 4.99 Å². The number of hydrogen-bond donors (Lipinski definition) is 2. The van der Waals surface area contributed by atoms with Crippen molar-refractivity contribution in [1.82, 2.24) is 15.6 Å². The van der Waals surface area contributed by atoms with Crippen LogP contribution in [-0.2, 0) is 13.1 Å². The highest BCUT2D eigenvalue weighted by molar-refractivity contribution is 14.0. The van der Waals surface area contributed by atoms with Gasteiger partial charge < -0.3 is 15.5 Å². The fourth-order valence-electron chi connectivity index (χ4n) is 2.56. The number of benzene rings is 1. The molecule has 0 aliphatic rings. The van der Waals surface area contributed by atoms with Gasteiger partial charge in [0, 0.05) is 31.7 Å². The van der Waals surface area contributed by atoms with Crippen molar-refractivity contribution in [2.45, 2.75) is 46.7 Å². The smallest absolute Gasteiger partial charge is 0.191 e. The quantitative estimate of drug-likeness (QED) is 0.333. The van der Waals surface area contributed by atoms with Gasteiger partial charge in [-0.1, -0.05) is 26.0 Å². The molecule has 0 spiro atoms. The number of aromatic nitrogens is 1. The van der Waals surface area contributed by atoms with E-state index < -0.39 is 0 Å². The van der Waals surface area contributed by atoms with Gasteiger partial charge in [0.2, 0.25) is 0 Å². The molecule has 5 nitrogen and oxygen atoms in total. The largest absolute Gasteiger partial charge is 0.377 e. The molecule has 0 saturated carbocycles. The number of nitrogens with zero attached hydrogens (tertiary/aromatic N) is 3. The minimum Gasteiger partial charge on any atom is -0.377 e. The maximum atomic E-state index is 4.76. The second kappa shape index (κ2) is 11.5. The van der Waals surface area contributed by atoms with Crippen LogP contribution in [0.5, 0.6) is 0 Å². The van der Waals surface area contributed by atoms with E-state index in [0.29, 0.717) is 19.0 Å². The molecule has 0 radical (unpaired) electrons. The van der Waals surface area contributed by atoms with Crippen LogP contribution in [0.2, 0.25) is 0 Å². The number of aliphatic imine (C=N–C) groups is 1. The Labute approximate surface area is 184 Å². The molecule has 150 valence electrons. The molecule has 27 heavy (non-hydrogen) atoms. The van der Waals surface area contributed by atoms with Gasteiger partial charge in [0.25, 0.3) is 0 Å². The van der Waals surface area contributed by atoms with Gasteiger partial charge in [-0.3, -0.25) is 0 Å². The summed E-state index contributed by atoms with van der Waals surface area (Å²) in [5.41, 5.74) is 4.85. The lowest BCUT2D eigenvalue weighted by molar-refractivity contribution is 0.788. The fourth-order valence-corrected chi connectivity index (χ4v) is 3.46. The first-order chi connectivity index (χ1) is 12.4. The van der Waals surface area contributed by atoms with Crippen molar-refractivity contribution in [3.05, 3.63) is 45.4 Å². The summed E-state index contributed by atoms with van der Waals surface area (Å²) in [5, 5.41) is 9.93. The van der Waals surface area contributed by atoms with E-state index in [1.807, 2.05) is 0 Å². The van der Waals surface area contributed by atoms with E-state index in [1.54, 1.807) is 11.3 Å². The standard InChI is InChI=1S/C20H31N5S.HI/c1-7-21-20(23-12-19-24-17(13-26-19)14(2)3)22-11-16-9-8-15(4)10-18(16)25(5)6;/h8-10,13-14H,7,11-12H2,1-6H3,(H2,21,22,23);1H. The number of thiazole rings is 1. The zero-order valence-corrected chi connectivity index (χ0v) is 20.3. The highest BCUT2D eigenvalue weighted by Crippen LogP contribution is 2.21. The van der Waals surface area contributed by atoms with Gasteiger partial charge in [-0.25, -0.2) is 9.98 Å². The van der Waals surface area contributed by atoms with Gasteiger partial charge >= 0.3 is 0 Å². The topological polar surface area (TPSA) is 52.6 Å². The Balaban J connectivity index is 0.00000364. The number of nitrogens with one attached hydrogen (secondary N) is 2. The Bertz CT molecular complexity index is 740. The normalized spacial score (nSPS) is 11.3. The molecule has 0 atom stereocenters. The van der Waals surface area contributed by atoms with Crippen LogP contribution >= 0.6 is 35.3 Å². The van der Waals surface area contributed by atoms with E-state index in [2.05, 4.69) is 85.9 Å². The van der Waals surface area contributed by atoms with E-state index in [1.165, 1.54) is 16.8 Å². The Morgan fingerprint density at radius 2 is 2.00 bits per heavy atom. The third kappa shape index (κ3) is 7.29. The molecule has 0 saturated heterocycles. The van der Waals surface area contributed by atoms with Crippen LogP contribution in [0.25, 0.3) is 0 Å². The van der Waals surface area contributed by atoms with Crippen LogP contribution in [0.4, 0.5) is 5.69 Å². The van der Waals surface area contributed by atoms with Crippen LogP contribution < -0.4 is 15.5 Å². The monoisotopic (exact) mass is 501 g/mol. The summed E-state index contributed by atoms with van der Waals surface area (Å²) in [6, 6.07) is 6.50. The lowest BCUT2D eigenvalue weighted by Gasteiger charge is -2.18. The van der Waals surface area contributed by atoms with Gasteiger partial charge in [-0.15, -0.1) is 35.3 Å². The highest BCUT2D eigenvalue weighted by Gasteiger charge is 2.08. The summed E-state index contributed by atoms with van der Waals surface area (Å²) in [7, 11) is 4.14. The first-order valence-electron chi connectivity index (χ1n) is 9.14. The van der Waals surface area contributed by atoms with Crippen LogP contribution in [0, 0.1) is 6.92 Å². The van der Waals surface area contributed by atoms with Crippen molar-refractivity contribution in [1.29, 1.82) is 0 Å². The predicted molar refractivity (Wildman–Crippen MR) is 129 cm³/mol. The number of anilines is 1. The number of halogens is 1. The molecular formula is C20H32IN5S. The van der Waals surface area contributed by atoms with Crippen molar-refractivity contribution >= 4 is 47.0 Å². The molecular weight excluding hydrogens is 469 g/mol. The molecule has 7 heteroatoms. The number of rotatable bonds is 7. The third-order valence-corrected chi connectivity index (χ3v) is 4.91. The van der Waals surface area contributed by atoms with Crippen molar-refractivity contribution in [3.63, 3.8) is 0 Å². The minimum absolute atomic E-state index is 0. The van der Waals surface area contributed by atoms with Gasteiger partial charge in [0.15, 0.2) is 5.96 Å². The molecule has 0 bridgehead atoms. The van der Waals surface area contributed by atoms with E-state index in [0.717, 1.165) is 23.2 Å². The van der Waals surface area contributed by atoms with E-state index in [-0.39, 0.29) is 24.0 Å². The Kier molecular flexibility index (Phi) is 10.1. The number of guanidine groups is 1. The number of hydrogen-bond acceptors (Lipinski definition) is 4. The molecule has 0 amide bonds. The van der Waals surface area contributed by atoms with Crippen molar-refractivity contribution in [3.8, 4) is 0 Å². The first-order valence-corrected chi connectivity index (χ1v) is 10.0. The predicted octanol–water partition coefficient (Wildman–Crippen LogP) is 4.51. The Morgan fingerprint density at radius 3 is 2.59 bits per heavy atom. The fraction of sp³-hybridized carbons (Fsp3) is 0.500. The number of aryl methyl sites for hydroxylation is 1. The maximum absolute atomic E-state index is 4.76. The van der Waals surface area contributed by atoms with Crippen LogP contribution in [0.1, 0.15) is 48.5 Å². The molecule has 1 heterocycles. The van der Waals surface area contributed by atoms with Crippen LogP contribution in [-0.4, -0.2) is 31.6 Å². The zero-order valence-electron chi connectivity index (χ0n) is 17.2. The second-order valence-corrected chi connectivity index (χ2v) is 7.84. The Morgan fingerprint density at radius 1 is 1.26 bits per heavy atom. The summed E-state index contributed by atoms with van der Waals surface area (Å²) in [5.74, 6) is 1.28. The SMILES string of the molecule is CCNC(=NCc1ccc(C)cc1N(C)C)NCc1nc(C(C)C)cs1.I. The molecule has 0 aliphatic heterocycles. The first kappa shape index (κ1) is 23.7. The van der Waals surface area contributed by atoms with Gasteiger partial charge in [0.1, 0.15) is 5.01 Å². The molecule has 2 rings (SSSR count).